The Labute approximate surface area is 55.3 Å². The highest BCUT2D eigenvalue weighted by atomic mass is 19.1. The van der Waals surface area contributed by atoms with E-state index in [9.17, 15) is 8.78 Å². The molecular weight excluding hydrogens is 122 g/mol. The zero-order valence-corrected chi connectivity index (χ0v) is 6.03. The van der Waals surface area contributed by atoms with Crippen LogP contribution in [0.3, 0.4) is 0 Å². The highest BCUT2D eigenvalue weighted by molar-refractivity contribution is 4.58. The van der Waals surface area contributed by atoms with Crippen molar-refractivity contribution in [3.05, 3.63) is 0 Å². The van der Waals surface area contributed by atoms with Crippen LogP contribution in [-0.2, 0) is 0 Å². The molecule has 0 radical (unpaired) electrons. The summed E-state index contributed by atoms with van der Waals surface area (Å²) in [6.45, 7) is 3.29. The molecule has 2 atom stereocenters. The summed E-state index contributed by atoms with van der Waals surface area (Å²) in [5.41, 5.74) is 0. The Balaban J connectivity index is 3.15. The van der Waals surface area contributed by atoms with E-state index in [1.165, 1.54) is 6.92 Å². The van der Waals surface area contributed by atoms with Gasteiger partial charge in [-0.1, -0.05) is 13.3 Å². The van der Waals surface area contributed by atoms with E-state index >= 15 is 0 Å². The summed E-state index contributed by atoms with van der Waals surface area (Å²) in [6.07, 6.45) is -0.572. The fourth-order valence-electron chi connectivity index (χ4n) is 0.784. The molecule has 0 amide bonds. The first kappa shape index (κ1) is 8.86. The summed E-state index contributed by atoms with van der Waals surface area (Å²) in [4.78, 5) is 0. The van der Waals surface area contributed by atoms with Crippen LogP contribution in [-0.4, -0.2) is 12.3 Å². The maximum atomic E-state index is 12.4. The molecule has 2 heteroatoms. The number of alkyl halides is 2. The average molecular weight is 136 g/mol. The highest BCUT2D eigenvalue weighted by Gasteiger charge is 2.08. The Morgan fingerprint density at radius 1 is 1.33 bits per heavy atom. The molecule has 0 aliphatic heterocycles. The topological polar surface area (TPSA) is 0 Å². The van der Waals surface area contributed by atoms with Crippen molar-refractivity contribution in [1.29, 1.82) is 0 Å². The monoisotopic (exact) mass is 136 g/mol. The number of rotatable bonds is 4. The molecule has 0 aliphatic rings. The normalized spacial score (nSPS) is 17.3. The molecule has 0 heterocycles. The van der Waals surface area contributed by atoms with Crippen molar-refractivity contribution < 1.29 is 8.78 Å². The predicted octanol–water partition coefficient (Wildman–Crippen LogP) is 2.87. The van der Waals surface area contributed by atoms with Crippen molar-refractivity contribution in [2.75, 3.05) is 0 Å². The Kier molecular flexibility index (Phi) is 4.64. The van der Waals surface area contributed by atoms with Crippen LogP contribution < -0.4 is 0 Å². The van der Waals surface area contributed by atoms with Crippen LogP contribution in [0, 0.1) is 0 Å². The lowest BCUT2D eigenvalue weighted by Crippen LogP contribution is -2.06. The Hall–Kier alpha value is -0.140. The summed E-state index contributed by atoms with van der Waals surface area (Å²) >= 11 is 0. The van der Waals surface area contributed by atoms with Gasteiger partial charge in [0.2, 0.25) is 0 Å². The van der Waals surface area contributed by atoms with Gasteiger partial charge in [0, 0.05) is 6.42 Å². The molecule has 0 aliphatic carbocycles. The second kappa shape index (κ2) is 4.71. The second-order valence-corrected chi connectivity index (χ2v) is 2.40. The van der Waals surface area contributed by atoms with E-state index in [0.717, 1.165) is 6.42 Å². The lowest BCUT2D eigenvalue weighted by atomic mass is 10.1. The van der Waals surface area contributed by atoms with E-state index in [2.05, 4.69) is 0 Å². The molecule has 56 valence electrons. The van der Waals surface area contributed by atoms with Gasteiger partial charge in [0.25, 0.3) is 0 Å². The van der Waals surface area contributed by atoms with E-state index in [1.807, 2.05) is 6.92 Å². The van der Waals surface area contributed by atoms with Gasteiger partial charge < -0.3 is 0 Å². The van der Waals surface area contributed by atoms with Gasteiger partial charge in [-0.25, -0.2) is 8.78 Å². The number of halogens is 2. The van der Waals surface area contributed by atoms with Gasteiger partial charge in [0.05, 0.1) is 0 Å². The van der Waals surface area contributed by atoms with Crippen molar-refractivity contribution in [2.45, 2.75) is 45.5 Å². The van der Waals surface area contributed by atoms with Crippen LogP contribution in [0.1, 0.15) is 33.1 Å². The van der Waals surface area contributed by atoms with Gasteiger partial charge in [-0.3, -0.25) is 0 Å². The molecule has 0 aromatic rings. The van der Waals surface area contributed by atoms with Crippen LogP contribution >= 0.6 is 0 Å². The molecule has 0 rings (SSSR count). The van der Waals surface area contributed by atoms with Crippen molar-refractivity contribution in [1.82, 2.24) is 0 Å². The minimum atomic E-state index is -0.994. The Bertz CT molecular complexity index is 61.9. The molecule has 0 aromatic carbocycles. The Morgan fingerprint density at radius 3 is 2.22 bits per heavy atom. The fourth-order valence-corrected chi connectivity index (χ4v) is 0.784. The third kappa shape index (κ3) is 5.74. The minimum Gasteiger partial charge on any atom is -0.248 e. The first-order valence-corrected chi connectivity index (χ1v) is 3.45. The summed E-state index contributed by atoms with van der Waals surface area (Å²) in [6, 6.07) is 0. The molecule has 9 heavy (non-hydrogen) atoms. The van der Waals surface area contributed by atoms with Crippen LogP contribution in [0.25, 0.3) is 0 Å². The molecule has 0 saturated heterocycles. The first-order chi connectivity index (χ1) is 4.16. The van der Waals surface area contributed by atoms with E-state index in [0.29, 0.717) is 6.42 Å². The van der Waals surface area contributed by atoms with Gasteiger partial charge in [-0.15, -0.1) is 0 Å². The third-order valence-corrected chi connectivity index (χ3v) is 1.18. The van der Waals surface area contributed by atoms with Gasteiger partial charge in [0.1, 0.15) is 12.3 Å². The van der Waals surface area contributed by atoms with Crippen molar-refractivity contribution in [3.8, 4) is 0 Å². The number of hydrogen-bond acceptors (Lipinski definition) is 0. The summed E-state index contributed by atoms with van der Waals surface area (Å²) in [5.74, 6) is 0. The zero-order valence-electron chi connectivity index (χ0n) is 6.03. The van der Waals surface area contributed by atoms with Crippen molar-refractivity contribution in [2.24, 2.45) is 0 Å². The Morgan fingerprint density at radius 2 is 1.89 bits per heavy atom. The molecule has 1 unspecified atom stereocenters. The fraction of sp³-hybridized carbons (Fsp3) is 1.00. The second-order valence-electron chi connectivity index (χ2n) is 2.40. The third-order valence-electron chi connectivity index (χ3n) is 1.18. The predicted molar refractivity (Wildman–Crippen MR) is 35.0 cm³/mol. The van der Waals surface area contributed by atoms with Crippen LogP contribution in [0.5, 0.6) is 0 Å². The summed E-state index contributed by atoms with van der Waals surface area (Å²) in [7, 11) is 0. The maximum absolute atomic E-state index is 12.4. The first-order valence-electron chi connectivity index (χ1n) is 3.45. The molecule has 0 spiro atoms. The maximum Gasteiger partial charge on any atom is 0.103 e. The van der Waals surface area contributed by atoms with Crippen LogP contribution in [0.15, 0.2) is 0 Å². The van der Waals surface area contributed by atoms with Crippen LogP contribution in [0.4, 0.5) is 8.78 Å². The zero-order chi connectivity index (χ0) is 7.28. The SMILES string of the molecule is CCC[C@@H](F)CC(C)F. The smallest absolute Gasteiger partial charge is 0.103 e. The van der Waals surface area contributed by atoms with Gasteiger partial charge >= 0.3 is 0 Å². The standard InChI is InChI=1S/C7H14F2/c1-3-4-7(9)5-6(2)8/h6-7H,3-5H2,1-2H3/t6?,7-/m1/s1. The molecular formula is C7H14F2. The van der Waals surface area contributed by atoms with E-state index in [4.69, 9.17) is 0 Å². The quantitative estimate of drug-likeness (QED) is 0.557. The molecule has 0 nitrogen and oxygen atoms in total. The van der Waals surface area contributed by atoms with E-state index in [1.54, 1.807) is 0 Å². The lowest BCUT2D eigenvalue weighted by Gasteiger charge is -2.05. The molecule has 0 fully saturated rings. The van der Waals surface area contributed by atoms with E-state index < -0.39 is 12.3 Å². The van der Waals surface area contributed by atoms with Gasteiger partial charge in [-0.2, -0.15) is 0 Å². The molecule has 0 saturated carbocycles. The van der Waals surface area contributed by atoms with Crippen molar-refractivity contribution in [3.63, 3.8) is 0 Å². The minimum absolute atomic E-state index is 0.0633. The van der Waals surface area contributed by atoms with Crippen LogP contribution in [0.2, 0.25) is 0 Å². The molecule has 0 N–H and O–H groups in total. The van der Waals surface area contributed by atoms with Crippen molar-refractivity contribution >= 4 is 0 Å². The number of hydrogen-bond donors (Lipinski definition) is 0. The van der Waals surface area contributed by atoms with Gasteiger partial charge in [-0.05, 0) is 13.3 Å². The van der Waals surface area contributed by atoms with E-state index in [-0.39, 0.29) is 6.42 Å². The molecule has 0 bridgehead atoms. The summed E-state index contributed by atoms with van der Waals surface area (Å²) in [5, 5.41) is 0. The molecule has 0 aromatic heterocycles. The highest BCUT2D eigenvalue weighted by Crippen LogP contribution is 2.10. The van der Waals surface area contributed by atoms with Gasteiger partial charge in [0.15, 0.2) is 0 Å². The summed E-state index contributed by atoms with van der Waals surface area (Å²) < 4.78 is 24.4. The lowest BCUT2D eigenvalue weighted by molar-refractivity contribution is 0.221. The largest absolute Gasteiger partial charge is 0.248 e. The average Bonchev–Trinajstić information content (AvgIpc) is 1.63.